The van der Waals surface area contributed by atoms with Crippen molar-refractivity contribution in [2.24, 2.45) is 9.98 Å². The van der Waals surface area contributed by atoms with E-state index in [2.05, 4.69) is 78.5 Å². The summed E-state index contributed by atoms with van der Waals surface area (Å²) in [5.41, 5.74) is 6.60. The Morgan fingerprint density at radius 2 is 1.96 bits per heavy atom. The summed E-state index contributed by atoms with van der Waals surface area (Å²) in [7, 11) is 0. The van der Waals surface area contributed by atoms with E-state index < -0.39 is 0 Å². The van der Waals surface area contributed by atoms with Crippen LogP contribution in [0.2, 0.25) is 0 Å². The highest BCUT2D eigenvalue weighted by atomic mass is 15.4. The van der Waals surface area contributed by atoms with Crippen LogP contribution < -0.4 is 0 Å². The predicted octanol–water partition coefficient (Wildman–Crippen LogP) is 3.76. The Labute approximate surface area is 147 Å². The van der Waals surface area contributed by atoms with Crippen LogP contribution >= 0.6 is 0 Å². The molecule has 0 bridgehead atoms. The second-order valence-electron chi connectivity index (χ2n) is 6.73. The average molecular weight is 331 g/mol. The number of fused-ring (bicyclic) bond motifs is 1. The molecule has 5 nitrogen and oxygen atoms in total. The third-order valence-electron chi connectivity index (χ3n) is 4.58. The van der Waals surface area contributed by atoms with Crippen LogP contribution in [0.1, 0.15) is 36.6 Å². The molecule has 0 N–H and O–H groups in total. The Bertz CT molecular complexity index is 994. The molecule has 1 aliphatic rings. The quantitative estimate of drug-likeness (QED) is 0.731. The standard InChI is InChI=1S/C20H21N5/c1-13(2)25-19-9-8-16(10-17(19)23-24-25)18-12-21-20(22-18)11-15-7-5-4-6-14(15)3/h4-10,13H,11-12H2,1-3H3. The molecule has 0 spiro atoms. The highest BCUT2D eigenvalue weighted by molar-refractivity contribution is 6.13. The van der Waals surface area contributed by atoms with Gasteiger partial charge in [-0.15, -0.1) is 5.10 Å². The molecule has 0 aliphatic carbocycles. The maximum Gasteiger partial charge on any atom is 0.128 e. The van der Waals surface area contributed by atoms with E-state index in [4.69, 9.17) is 4.99 Å². The summed E-state index contributed by atoms with van der Waals surface area (Å²) in [6.07, 6.45) is 0.780. The zero-order valence-electron chi connectivity index (χ0n) is 14.8. The topological polar surface area (TPSA) is 55.4 Å². The Balaban J connectivity index is 1.59. The van der Waals surface area contributed by atoms with Crippen molar-refractivity contribution in [2.75, 3.05) is 6.54 Å². The molecule has 2 aromatic carbocycles. The average Bonchev–Trinajstić information content (AvgIpc) is 3.23. The van der Waals surface area contributed by atoms with Crippen LogP contribution in [-0.2, 0) is 6.42 Å². The lowest BCUT2D eigenvalue weighted by Gasteiger charge is -2.05. The molecule has 0 saturated heterocycles. The number of nitrogens with zero attached hydrogens (tertiary/aromatic N) is 5. The Hall–Kier alpha value is -2.82. The molecule has 4 rings (SSSR count). The van der Waals surface area contributed by atoms with E-state index in [1.54, 1.807) is 0 Å². The lowest BCUT2D eigenvalue weighted by atomic mass is 10.1. The van der Waals surface area contributed by atoms with Gasteiger partial charge in [-0.1, -0.05) is 35.5 Å². The predicted molar refractivity (Wildman–Crippen MR) is 102 cm³/mol. The van der Waals surface area contributed by atoms with Crippen LogP contribution in [0.3, 0.4) is 0 Å². The number of hydrogen-bond acceptors (Lipinski definition) is 4. The minimum absolute atomic E-state index is 0.295. The Kier molecular flexibility index (Phi) is 3.92. The Morgan fingerprint density at radius 1 is 1.12 bits per heavy atom. The van der Waals surface area contributed by atoms with Crippen LogP contribution in [0.15, 0.2) is 52.4 Å². The molecular formula is C20H21N5. The van der Waals surface area contributed by atoms with E-state index in [1.807, 2.05) is 4.68 Å². The fraction of sp³-hybridized carbons (Fsp3) is 0.300. The van der Waals surface area contributed by atoms with Crippen molar-refractivity contribution in [3.63, 3.8) is 0 Å². The summed E-state index contributed by atoms with van der Waals surface area (Å²) < 4.78 is 1.94. The van der Waals surface area contributed by atoms with Gasteiger partial charge in [0.05, 0.1) is 17.8 Å². The number of aromatic nitrogens is 3. The summed E-state index contributed by atoms with van der Waals surface area (Å²) in [5, 5.41) is 8.53. The number of rotatable bonds is 4. The van der Waals surface area contributed by atoms with Crippen molar-refractivity contribution in [1.29, 1.82) is 0 Å². The second-order valence-corrected chi connectivity index (χ2v) is 6.73. The van der Waals surface area contributed by atoms with E-state index in [1.165, 1.54) is 11.1 Å². The van der Waals surface area contributed by atoms with Gasteiger partial charge in [-0.25, -0.2) is 9.67 Å². The smallest absolute Gasteiger partial charge is 0.128 e. The summed E-state index contributed by atoms with van der Waals surface area (Å²) >= 11 is 0. The molecule has 2 heterocycles. The molecule has 0 radical (unpaired) electrons. The van der Waals surface area contributed by atoms with Crippen molar-refractivity contribution in [3.8, 4) is 0 Å². The molecule has 0 amide bonds. The van der Waals surface area contributed by atoms with Gasteiger partial charge in [0.15, 0.2) is 0 Å². The van der Waals surface area contributed by atoms with Crippen molar-refractivity contribution in [2.45, 2.75) is 33.2 Å². The van der Waals surface area contributed by atoms with Gasteiger partial charge in [0.25, 0.3) is 0 Å². The number of aliphatic imine (C=N–C) groups is 2. The lowest BCUT2D eigenvalue weighted by Crippen LogP contribution is -2.04. The molecule has 126 valence electrons. The Morgan fingerprint density at radius 3 is 2.76 bits per heavy atom. The van der Waals surface area contributed by atoms with Gasteiger partial charge in [0.2, 0.25) is 0 Å². The number of amidine groups is 1. The van der Waals surface area contributed by atoms with Crippen molar-refractivity contribution in [3.05, 3.63) is 59.2 Å². The molecule has 0 atom stereocenters. The zero-order valence-corrected chi connectivity index (χ0v) is 14.8. The minimum atomic E-state index is 0.295. The van der Waals surface area contributed by atoms with Gasteiger partial charge >= 0.3 is 0 Å². The minimum Gasteiger partial charge on any atom is -0.264 e. The summed E-state index contributed by atoms with van der Waals surface area (Å²) in [4.78, 5) is 9.37. The first-order valence-corrected chi connectivity index (χ1v) is 8.62. The second kappa shape index (κ2) is 6.24. The first-order valence-electron chi connectivity index (χ1n) is 8.62. The van der Waals surface area contributed by atoms with Gasteiger partial charge in [-0.05, 0) is 44.0 Å². The fourth-order valence-corrected chi connectivity index (χ4v) is 3.13. The van der Waals surface area contributed by atoms with Crippen LogP contribution in [0.4, 0.5) is 0 Å². The number of hydrogen-bond donors (Lipinski definition) is 0. The molecule has 1 aliphatic heterocycles. The van der Waals surface area contributed by atoms with Gasteiger partial charge in [0.1, 0.15) is 11.4 Å². The van der Waals surface area contributed by atoms with E-state index in [-0.39, 0.29) is 0 Å². The molecule has 3 aromatic rings. The highest BCUT2D eigenvalue weighted by Crippen LogP contribution is 2.19. The van der Waals surface area contributed by atoms with Gasteiger partial charge in [0, 0.05) is 18.0 Å². The van der Waals surface area contributed by atoms with E-state index in [0.29, 0.717) is 12.6 Å². The first kappa shape index (κ1) is 15.7. The van der Waals surface area contributed by atoms with Gasteiger partial charge in [-0.3, -0.25) is 4.99 Å². The molecular weight excluding hydrogens is 310 g/mol. The third kappa shape index (κ3) is 2.97. The van der Waals surface area contributed by atoms with E-state index in [0.717, 1.165) is 34.6 Å². The van der Waals surface area contributed by atoms with Crippen LogP contribution in [-0.4, -0.2) is 33.1 Å². The van der Waals surface area contributed by atoms with Crippen molar-refractivity contribution >= 4 is 22.6 Å². The van der Waals surface area contributed by atoms with Crippen LogP contribution in [0.25, 0.3) is 11.0 Å². The van der Waals surface area contributed by atoms with E-state index in [9.17, 15) is 0 Å². The molecule has 0 unspecified atom stereocenters. The van der Waals surface area contributed by atoms with Gasteiger partial charge < -0.3 is 0 Å². The third-order valence-corrected chi connectivity index (χ3v) is 4.58. The molecule has 0 fully saturated rings. The monoisotopic (exact) mass is 331 g/mol. The molecule has 25 heavy (non-hydrogen) atoms. The SMILES string of the molecule is Cc1ccccc1CC1=NCC(c2ccc3c(c2)nnn3C(C)C)=N1. The van der Waals surface area contributed by atoms with Gasteiger partial charge in [-0.2, -0.15) is 0 Å². The van der Waals surface area contributed by atoms with Crippen LogP contribution in [0, 0.1) is 6.92 Å². The summed E-state index contributed by atoms with van der Waals surface area (Å²) in [6, 6.07) is 14.9. The van der Waals surface area contributed by atoms with Crippen LogP contribution in [0.5, 0.6) is 0 Å². The summed E-state index contributed by atoms with van der Waals surface area (Å²) in [6.45, 7) is 6.97. The zero-order chi connectivity index (χ0) is 17.4. The van der Waals surface area contributed by atoms with Crippen molar-refractivity contribution < 1.29 is 0 Å². The number of aryl methyl sites for hydroxylation is 1. The van der Waals surface area contributed by atoms with Crippen molar-refractivity contribution in [1.82, 2.24) is 15.0 Å². The summed E-state index contributed by atoms with van der Waals surface area (Å²) in [5.74, 6) is 0.898. The normalized spacial score (nSPS) is 14.2. The molecule has 1 aromatic heterocycles. The van der Waals surface area contributed by atoms with E-state index >= 15 is 0 Å². The largest absolute Gasteiger partial charge is 0.264 e. The molecule has 5 heteroatoms. The number of benzene rings is 2. The molecule has 0 saturated carbocycles. The highest BCUT2D eigenvalue weighted by Gasteiger charge is 2.15. The fourth-order valence-electron chi connectivity index (χ4n) is 3.13. The lowest BCUT2D eigenvalue weighted by molar-refractivity contribution is 0.530. The maximum atomic E-state index is 4.76. The first-order chi connectivity index (χ1) is 12.1. The maximum absolute atomic E-state index is 4.76.